The molecule has 5 nitrogen and oxygen atoms in total. The van der Waals surface area contributed by atoms with E-state index in [9.17, 15) is 26.7 Å². The van der Waals surface area contributed by atoms with Gasteiger partial charge in [0, 0.05) is 0 Å². The van der Waals surface area contributed by atoms with Crippen molar-refractivity contribution in [2.45, 2.75) is 30.5 Å². The molecule has 0 aromatic heterocycles. The predicted octanol–water partition coefficient (Wildman–Crippen LogP) is 3.12. The normalized spacial score (nSPS) is 14.6. The molecule has 27 heavy (non-hydrogen) atoms. The molecule has 1 unspecified atom stereocenters. The fraction of sp³-hybridized carbons (Fsp3) is 0.333. The van der Waals surface area contributed by atoms with Crippen molar-refractivity contribution in [1.82, 2.24) is 4.72 Å². The molecule has 148 valence electrons. The van der Waals surface area contributed by atoms with Gasteiger partial charge in [-0.3, -0.25) is 0 Å². The highest BCUT2D eigenvalue weighted by molar-refractivity contribution is 7.89. The third kappa shape index (κ3) is 4.60. The van der Waals surface area contributed by atoms with Gasteiger partial charge in [-0.1, -0.05) is 36.4 Å². The molecule has 0 heterocycles. The fourth-order valence-corrected chi connectivity index (χ4v) is 3.74. The van der Waals surface area contributed by atoms with Crippen LogP contribution in [0.3, 0.4) is 0 Å². The average Bonchev–Trinajstić information content (AvgIpc) is 2.61. The SMILES string of the molecule is CCOc1ccc(C)cc1S(=O)(=O)NCC(O)(c1ccccc1)C(F)(F)F. The molecule has 0 saturated heterocycles. The molecule has 0 aliphatic rings. The maximum Gasteiger partial charge on any atom is 0.422 e. The van der Waals surface area contributed by atoms with Crippen LogP contribution in [0, 0.1) is 6.92 Å². The number of aliphatic hydroxyl groups is 1. The summed E-state index contributed by atoms with van der Waals surface area (Å²) in [5, 5.41) is 10.3. The highest BCUT2D eigenvalue weighted by Crippen LogP contribution is 2.39. The second kappa shape index (κ2) is 7.87. The van der Waals surface area contributed by atoms with E-state index in [0.717, 1.165) is 12.1 Å². The Bertz CT molecular complexity index is 885. The zero-order chi connectivity index (χ0) is 20.3. The number of sulfonamides is 1. The molecule has 2 aromatic carbocycles. The topological polar surface area (TPSA) is 75.6 Å². The third-order valence-electron chi connectivity index (χ3n) is 3.93. The van der Waals surface area contributed by atoms with Crippen LogP contribution in [0.1, 0.15) is 18.1 Å². The molecule has 2 N–H and O–H groups in total. The first-order valence-corrected chi connectivity index (χ1v) is 9.57. The second-order valence-corrected chi connectivity index (χ2v) is 7.67. The number of alkyl halides is 3. The van der Waals surface area contributed by atoms with E-state index in [-0.39, 0.29) is 17.3 Å². The molecule has 0 radical (unpaired) electrons. The highest BCUT2D eigenvalue weighted by atomic mass is 32.2. The molecule has 1 atom stereocenters. The maximum absolute atomic E-state index is 13.5. The minimum absolute atomic E-state index is 0.0193. The van der Waals surface area contributed by atoms with E-state index in [1.54, 1.807) is 19.9 Å². The van der Waals surface area contributed by atoms with Crippen molar-refractivity contribution in [2.24, 2.45) is 0 Å². The zero-order valence-corrected chi connectivity index (χ0v) is 15.6. The van der Waals surface area contributed by atoms with Crippen molar-refractivity contribution >= 4 is 10.0 Å². The van der Waals surface area contributed by atoms with Crippen LogP contribution in [-0.4, -0.2) is 32.9 Å². The second-order valence-electron chi connectivity index (χ2n) is 5.93. The molecular formula is C18H20F3NO4S. The molecule has 0 aliphatic carbocycles. The lowest BCUT2D eigenvalue weighted by Crippen LogP contribution is -2.51. The minimum atomic E-state index is -5.09. The summed E-state index contributed by atoms with van der Waals surface area (Å²) in [6.07, 6.45) is -5.09. The summed E-state index contributed by atoms with van der Waals surface area (Å²) in [6.45, 7) is 2.21. The quantitative estimate of drug-likeness (QED) is 0.745. The average molecular weight is 403 g/mol. The third-order valence-corrected chi connectivity index (χ3v) is 5.35. The minimum Gasteiger partial charge on any atom is -0.492 e. The Hall–Kier alpha value is -2.10. The van der Waals surface area contributed by atoms with Crippen molar-refractivity contribution in [2.75, 3.05) is 13.2 Å². The van der Waals surface area contributed by atoms with E-state index in [2.05, 4.69) is 0 Å². The summed E-state index contributed by atoms with van der Waals surface area (Å²) in [7, 11) is -4.37. The van der Waals surface area contributed by atoms with Crippen molar-refractivity contribution in [3.63, 3.8) is 0 Å². The Labute approximate surface area is 155 Å². The first-order chi connectivity index (χ1) is 12.5. The van der Waals surface area contributed by atoms with Gasteiger partial charge in [-0.15, -0.1) is 0 Å². The van der Waals surface area contributed by atoms with E-state index >= 15 is 0 Å². The van der Waals surface area contributed by atoms with E-state index in [1.807, 2.05) is 4.72 Å². The smallest absolute Gasteiger partial charge is 0.422 e. The lowest BCUT2D eigenvalue weighted by molar-refractivity contribution is -0.263. The van der Waals surface area contributed by atoms with Gasteiger partial charge in [-0.25, -0.2) is 13.1 Å². The Balaban J connectivity index is 2.39. The molecule has 0 spiro atoms. The number of aryl methyl sites for hydroxylation is 1. The number of nitrogens with one attached hydrogen (secondary N) is 1. The number of rotatable bonds is 7. The number of ether oxygens (including phenoxy) is 1. The maximum atomic E-state index is 13.5. The summed E-state index contributed by atoms with van der Waals surface area (Å²) in [5.41, 5.74) is -3.25. The van der Waals surface area contributed by atoms with Gasteiger partial charge in [0.1, 0.15) is 10.6 Å². The van der Waals surface area contributed by atoms with Crippen LogP contribution in [0.15, 0.2) is 53.4 Å². The van der Waals surface area contributed by atoms with E-state index in [0.29, 0.717) is 5.56 Å². The van der Waals surface area contributed by atoms with Crippen molar-refractivity contribution in [3.05, 3.63) is 59.7 Å². The van der Waals surface area contributed by atoms with Crippen molar-refractivity contribution < 1.29 is 31.4 Å². The molecule has 2 aromatic rings. The summed E-state index contributed by atoms with van der Waals surface area (Å²) < 4.78 is 72.9. The van der Waals surface area contributed by atoms with Crippen LogP contribution in [0.25, 0.3) is 0 Å². The van der Waals surface area contributed by atoms with Crippen molar-refractivity contribution in [1.29, 1.82) is 0 Å². The van der Waals surface area contributed by atoms with Gasteiger partial charge in [-0.2, -0.15) is 13.2 Å². The Kier molecular flexibility index (Phi) is 6.18. The van der Waals surface area contributed by atoms with Crippen LogP contribution in [0.2, 0.25) is 0 Å². The Morgan fingerprint density at radius 1 is 1.11 bits per heavy atom. The number of hydrogen-bond acceptors (Lipinski definition) is 4. The van der Waals surface area contributed by atoms with Gasteiger partial charge in [0.15, 0.2) is 5.60 Å². The number of halogens is 3. The fourth-order valence-electron chi connectivity index (χ4n) is 2.46. The number of hydrogen-bond donors (Lipinski definition) is 2. The first-order valence-electron chi connectivity index (χ1n) is 8.09. The lowest BCUT2D eigenvalue weighted by Gasteiger charge is -2.31. The van der Waals surface area contributed by atoms with Gasteiger partial charge in [-0.05, 0) is 37.1 Å². The Morgan fingerprint density at radius 3 is 2.30 bits per heavy atom. The summed E-state index contributed by atoms with van der Waals surface area (Å²) in [4.78, 5) is -0.290. The molecule has 0 fully saturated rings. The number of benzene rings is 2. The molecule has 0 bridgehead atoms. The zero-order valence-electron chi connectivity index (χ0n) is 14.7. The van der Waals surface area contributed by atoms with Gasteiger partial charge in [0.25, 0.3) is 0 Å². The molecule has 9 heteroatoms. The first kappa shape index (κ1) is 21.2. The van der Waals surface area contributed by atoms with Crippen LogP contribution >= 0.6 is 0 Å². The molecule has 0 amide bonds. The largest absolute Gasteiger partial charge is 0.492 e. The van der Waals surface area contributed by atoms with E-state index in [1.165, 1.54) is 30.3 Å². The molecular weight excluding hydrogens is 383 g/mol. The van der Waals surface area contributed by atoms with Gasteiger partial charge < -0.3 is 9.84 Å². The summed E-state index contributed by atoms with van der Waals surface area (Å²) >= 11 is 0. The van der Waals surface area contributed by atoms with Gasteiger partial charge in [0.2, 0.25) is 10.0 Å². The van der Waals surface area contributed by atoms with Crippen LogP contribution in [0.5, 0.6) is 5.75 Å². The predicted molar refractivity (Wildman–Crippen MR) is 93.9 cm³/mol. The Morgan fingerprint density at radius 2 is 1.74 bits per heavy atom. The van der Waals surface area contributed by atoms with Gasteiger partial charge in [0.05, 0.1) is 13.2 Å². The summed E-state index contributed by atoms with van der Waals surface area (Å²) in [6, 6.07) is 10.7. The van der Waals surface area contributed by atoms with Crippen LogP contribution in [-0.2, 0) is 15.6 Å². The molecule has 2 rings (SSSR count). The standard InChI is InChI=1S/C18H20F3NO4S/c1-3-26-15-10-9-13(2)11-16(15)27(24,25)22-12-17(23,18(19,20)21)14-7-5-4-6-8-14/h4-11,22-23H,3,12H2,1-2H3. The van der Waals surface area contributed by atoms with Crippen molar-refractivity contribution in [3.8, 4) is 5.75 Å². The van der Waals surface area contributed by atoms with Crippen LogP contribution < -0.4 is 9.46 Å². The lowest BCUT2D eigenvalue weighted by atomic mass is 9.93. The van der Waals surface area contributed by atoms with Gasteiger partial charge >= 0.3 is 6.18 Å². The van der Waals surface area contributed by atoms with E-state index in [4.69, 9.17) is 4.74 Å². The molecule has 0 saturated carbocycles. The van der Waals surface area contributed by atoms with E-state index < -0.39 is 33.9 Å². The highest BCUT2D eigenvalue weighted by Gasteiger charge is 2.55. The summed E-state index contributed by atoms with van der Waals surface area (Å²) in [5.74, 6) is 0.0193. The monoisotopic (exact) mass is 403 g/mol. The molecule has 0 aliphatic heterocycles. The van der Waals surface area contributed by atoms with Crippen LogP contribution in [0.4, 0.5) is 13.2 Å².